The van der Waals surface area contributed by atoms with Crippen molar-refractivity contribution in [1.29, 1.82) is 0 Å². The second-order valence-corrected chi connectivity index (χ2v) is 6.76. The molecule has 0 aromatic carbocycles. The maximum Gasteiger partial charge on any atom is 0.334 e. The minimum Gasteiger partial charge on any atom is -0.458 e. The molecule has 0 unspecified atom stereocenters. The van der Waals surface area contributed by atoms with E-state index in [1.807, 2.05) is 0 Å². The molecule has 6 heteroatoms. The Kier molecular flexibility index (Phi) is 6.56. The molecule has 0 spiro atoms. The molecule has 2 rings (SSSR count). The van der Waals surface area contributed by atoms with Gasteiger partial charge in [-0.05, 0) is 50.8 Å². The monoisotopic (exact) mass is 362 g/mol. The quantitative estimate of drug-likeness (QED) is 0.453. The van der Waals surface area contributed by atoms with Crippen molar-refractivity contribution in [2.75, 3.05) is 6.61 Å². The second kappa shape index (κ2) is 8.47. The Bertz CT molecular complexity index is 684. The van der Waals surface area contributed by atoms with E-state index in [1.165, 1.54) is 0 Å². The molecule has 0 aromatic heterocycles. The van der Waals surface area contributed by atoms with Crippen LogP contribution in [0.25, 0.3) is 0 Å². The summed E-state index contributed by atoms with van der Waals surface area (Å²) in [6.45, 7) is 8.90. The third-order valence-corrected chi connectivity index (χ3v) is 4.87. The topological polar surface area (TPSA) is 93.1 Å². The number of carbonyl (C=O) groups is 2. The minimum absolute atomic E-state index is 0.00915. The van der Waals surface area contributed by atoms with Gasteiger partial charge in [0.2, 0.25) is 0 Å². The van der Waals surface area contributed by atoms with Gasteiger partial charge in [-0.3, -0.25) is 0 Å². The van der Waals surface area contributed by atoms with Gasteiger partial charge in [-0.15, -0.1) is 0 Å². The van der Waals surface area contributed by atoms with E-state index in [-0.39, 0.29) is 18.6 Å². The lowest BCUT2D eigenvalue weighted by Crippen LogP contribution is -2.30. The first-order valence-electron chi connectivity index (χ1n) is 8.66. The predicted octanol–water partition coefficient (Wildman–Crippen LogP) is 1.98. The number of aliphatic hydroxyl groups is 2. The van der Waals surface area contributed by atoms with Crippen LogP contribution in [0.15, 0.2) is 47.1 Å². The molecule has 0 amide bonds. The van der Waals surface area contributed by atoms with Crippen molar-refractivity contribution < 1.29 is 29.3 Å². The Hall–Kier alpha value is -2.18. The van der Waals surface area contributed by atoms with Gasteiger partial charge in [-0.1, -0.05) is 18.7 Å². The Morgan fingerprint density at radius 1 is 1.46 bits per heavy atom. The van der Waals surface area contributed by atoms with E-state index in [1.54, 1.807) is 39.0 Å². The van der Waals surface area contributed by atoms with Crippen LogP contribution < -0.4 is 0 Å². The molecule has 0 saturated carbocycles. The van der Waals surface area contributed by atoms with Gasteiger partial charge >= 0.3 is 11.9 Å². The predicted molar refractivity (Wildman–Crippen MR) is 96.0 cm³/mol. The Labute approximate surface area is 153 Å². The van der Waals surface area contributed by atoms with Crippen molar-refractivity contribution in [3.8, 4) is 0 Å². The number of aliphatic hydroxyl groups excluding tert-OH is 2. The summed E-state index contributed by atoms with van der Waals surface area (Å²) in [6, 6.07) is 0. The zero-order valence-electron chi connectivity index (χ0n) is 15.4. The van der Waals surface area contributed by atoms with Crippen LogP contribution in [0.1, 0.15) is 33.6 Å². The van der Waals surface area contributed by atoms with Gasteiger partial charge in [0.1, 0.15) is 12.7 Å². The summed E-state index contributed by atoms with van der Waals surface area (Å²) in [7, 11) is 0. The first-order valence-corrected chi connectivity index (χ1v) is 8.66. The lowest BCUT2D eigenvalue weighted by Gasteiger charge is -2.25. The number of carbonyl (C=O) groups excluding carboxylic acids is 2. The third-order valence-electron chi connectivity index (χ3n) is 4.87. The van der Waals surface area contributed by atoms with Crippen molar-refractivity contribution in [1.82, 2.24) is 0 Å². The summed E-state index contributed by atoms with van der Waals surface area (Å²) in [5.41, 5.74) is 2.03. The number of hydrogen-bond acceptors (Lipinski definition) is 6. The van der Waals surface area contributed by atoms with E-state index < -0.39 is 36.2 Å². The molecular weight excluding hydrogens is 336 g/mol. The molecule has 4 atom stereocenters. The van der Waals surface area contributed by atoms with E-state index >= 15 is 0 Å². The average Bonchev–Trinajstić information content (AvgIpc) is 2.88. The van der Waals surface area contributed by atoms with Crippen molar-refractivity contribution in [2.45, 2.75) is 51.9 Å². The molecule has 2 aliphatic rings. The fraction of sp³-hybridized carbons (Fsp3) is 0.500. The Balaban J connectivity index is 2.23. The van der Waals surface area contributed by atoms with Gasteiger partial charge in [-0.25, -0.2) is 9.59 Å². The van der Waals surface area contributed by atoms with E-state index in [0.717, 1.165) is 0 Å². The van der Waals surface area contributed by atoms with Gasteiger partial charge in [0.25, 0.3) is 0 Å². The fourth-order valence-electron chi connectivity index (χ4n) is 3.02. The zero-order chi connectivity index (χ0) is 19.4. The highest BCUT2D eigenvalue weighted by Gasteiger charge is 2.42. The molecule has 1 aliphatic carbocycles. The largest absolute Gasteiger partial charge is 0.458 e. The summed E-state index contributed by atoms with van der Waals surface area (Å²) in [5, 5.41) is 20.9. The van der Waals surface area contributed by atoms with E-state index in [4.69, 9.17) is 9.47 Å². The summed E-state index contributed by atoms with van der Waals surface area (Å²) in [6.07, 6.45) is 3.29. The van der Waals surface area contributed by atoms with E-state index in [9.17, 15) is 19.8 Å². The van der Waals surface area contributed by atoms with Crippen molar-refractivity contribution in [3.63, 3.8) is 0 Å². The van der Waals surface area contributed by atoms with Crippen LogP contribution in [-0.4, -0.2) is 47.1 Å². The summed E-state index contributed by atoms with van der Waals surface area (Å²) in [5.74, 6) is -1.57. The standard InChI is InChI=1S/C20H26O6/c1-5-11(2)19(23)25-10-14-6-7-15(21)12(3)8-17-18(16(22)9-14)13(4)20(24)26-17/h5-6,8,15-18,21-22H,4,7,9-10H2,1-3H3/b11-5+,12-8-,14-6+/t15-,16+,17+,18+/m0/s1. The van der Waals surface area contributed by atoms with E-state index in [2.05, 4.69) is 6.58 Å². The molecule has 1 saturated heterocycles. The molecule has 6 nitrogen and oxygen atoms in total. The maximum atomic E-state index is 11.9. The molecule has 1 fully saturated rings. The third kappa shape index (κ3) is 4.51. The van der Waals surface area contributed by atoms with Gasteiger partial charge in [0.05, 0.1) is 18.1 Å². The SMILES string of the molecule is C=C1C(=O)O[C@@H]2/C=C(/C)[C@@H](O)C/C=C(/COC(=O)/C(C)=C/C)C[C@@H](O)[C@@H]12. The van der Waals surface area contributed by atoms with Crippen LogP contribution in [0.5, 0.6) is 0 Å². The lowest BCUT2D eigenvalue weighted by atomic mass is 9.85. The molecule has 26 heavy (non-hydrogen) atoms. The van der Waals surface area contributed by atoms with Gasteiger partial charge < -0.3 is 19.7 Å². The number of allylic oxidation sites excluding steroid dienone is 1. The molecule has 0 radical (unpaired) electrons. The highest BCUT2D eigenvalue weighted by atomic mass is 16.6. The van der Waals surface area contributed by atoms with Gasteiger partial charge in [0.15, 0.2) is 0 Å². The molecular formula is C20H26O6. The Morgan fingerprint density at radius 3 is 2.81 bits per heavy atom. The fourth-order valence-corrected chi connectivity index (χ4v) is 3.02. The van der Waals surface area contributed by atoms with Crippen molar-refractivity contribution in [3.05, 3.63) is 47.1 Å². The number of esters is 2. The smallest absolute Gasteiger partial charge is 0.334 e. The zero-order valence-corrected chi connectivity index (χ0v) is 15.4. The van der Waals surface area contributed by atoms with Crippen molar-refractivity contribution in [2.24, 2.45) is 5.92 Å². The summed E-state index contributed by atoms with van der Waals surface area (Å²) in [4.78, 5) is 23.7. The minimum atomic E-state index is -0.911. The van der Waals surface area contributed by atoms with Crippen LogP contribution in [0.2, 0.25) is 0 Å². The molecule has 1 heterocycles. The average molecular weight is 362 g/mol. The second-order valence-electron chi connectivity index (χ2n) is 6.76. The first kappa shape index (κ1) is 20.1. The highest BCUT2D eigenvalue weighted by Crippen LogP contribution is 2.34. The van der Waals surface area contributed by atoms with Crippen LogP contribution in [-0.2, 0) is 19.1 Å². The summed E-state index contributed by atoms with van der Waals surface area (Å²) < 4.78 is 10.5. The number of hydrogen-bond donors (Lipinski definition) is 2. The molecule has 2 N–H and O–H groups in total. The van der Waals surface area contributed by atoms with Gasteiger partial charge in [0, 0.05) is 11.1 Å². The maximum absolute atomic E-state index is 11.9. The van der Waals surface area contributed by atoms with E-state index in [0.29, 0.717) is 23.1 Å². The van der Waals surface area contributed by atoms with Crippen LogP contribution >= 0.6 is 0 Å². The highest BCUT2D eigenvalue weighted by molar-refractivity contribution is 5.91. The lowest BCUT2D eigenvalue weighted by molar-refractivity contribution is -0.139. The summed E-state index contributed by atoms with van der Waals surface area (Å²) >= 11 is 0. The van der Waals surface area contributed by atoms with Gasteiger partial charge in [-0.2, -0.15) is 0 Å². The number of ether oxygens (including phenoxy) is 2. The first-order chi connectivity index (χ1) is 12.2. The number of fused-ring (bicyclic) bond motifs is 1. The van der Waals surface area contributed by atoms with Crippen molar-refractivity contribution >= 4 is 11.9 Å². The van der Waals surface area contributed by atoms with Crippen LogP contribution in [0, 0.1) is 5.92 Å². The molecule has 1 aliphatic heterocycles. The van der Waals surface area contributed by atoms with Crippen LogP contribution in [0.4, 0.5) is 0 Å². The molecule has 0 bridgehead atoms. The Morgan fingerprint density at radius 2 is 2.15 bits per heavy atom. The number of rotatable bonds is 3. The van der Waals surface area contributed by atoms with Crippen LogP contribution in [0.3, 0.4) is 0 Å². The molecule has 142 valence electrons. The normalized spacial score (nSPS) is 34.1. The molecule has 0 aromatic rings.